The fraction of sp³-hybridized carbons (Fsp3) is 0.364. The molecule has 0 saturated carbocycles. The summed E-state index contributed by atoms with van der Waals surface area (Å²) in [4.78, 5) is 3.90. The van der Waals surface area contributed by atoms with Crippen LogP contribution in [0.15, 0.2) is 23.2 Å². The van der Waals surface area contributed by atoms with Crippen molar-refractivity contribution in [1.82, 2.24) is 5.32 Å². The second-order valence-electron chi connectivity index (χ2n) is 3.01. The molecule has 4 heteroatoms. The van der Waals surface area contributed by atoms with Gasteiger partial charge in [-0.2, -0.15) is 4.99 Å². The maximum atomic E-state index is 4.52. The highest BCUT2D eigenvalue weighted by molar-refractivity contribution is 7.78. The minimum Gasteiger partial charge on any atom is -0.388 e. The molecule has 0 heterocycles. The fourth-order valence-electron chi connectivity index (χ4n) is 1.02. The Labute approximate surface area is 96.6 Å². The third kappa shape index (κ3) is 5.96. The van der Waals surface area contributed by atoms with Crippen molar-refractivity contribution in [2.24, 2.45) is 4.99 Å². The van der Waals surface area contributed by atoms with Crippen LogP contribution >= 0.6 is 12.2 Å². The molecular formula is C11H17N3S. The molecule has 0 unspecified atom stereocenters. The lowest BCUT2D eigenvalue weighted by molar-refractivity contribution is 1.02. The van der Waals surface area contributed by atoms with E-state index in [1.165, 1.54) is 0 Å². The molecule has 0 aliphatic carbocycles. The lowest BCUT2D eigenvalue weighted by atomic mass is 10.2. The average Bonchev–Trinajstić information content (AvgIpc) is 2.18. The second-order valence-corrected chi connectivity index (χ2v) is 3.19. The largest absolute Gasteiger partial charge is 0.388 e. The summed E-state index contributed by atoms with van der Waals surface area (Å²) in [6.45, 7) is 2.02. The summed E-state index contributed by atoms with van der Waals surface area (Å²) in [7, 11) is 5.62. The average molecular weight is 223 g/mol. The molecule has 1 aromatic rings. The van der Waals surface area contributed by atoms with Gasteiger partial charge in [0, 0.05) is 12.7 Å². The van der Waals surface area contributed by atoms with Crippen LogP contribution in [0.3, 0.4) is 0 Å². The molecule has 3 nitrogen and oxygen atoms in total. The molecule has 0 fully saturated rings. The van der Waals surface area contributed by atoms with Gasteiger partial charge in [-0.05, 0) is 57.0 Å². The molecule has 2 N–H and O–H groups in total. The first-order chi connectivity index (χ1) is 7.17. The number of aryl methyl sites for hydroxylation is 1. The van der Waals surface area contributed by atoms with Crippen LogP contribution in [0.4, 0.5) is 11.4 Å². The number of rotatable bonds is 2. The van der Waals surface area contributed by atoms with Crippen molar-refractivity contribution in [3.8, 4) is 0 Å². The maximum absolute atomic E-state index is 4.52. The van der Waals surface area contributed by atoms with E-state index in [0.717, 1.165) is 16.9 Å². The number of benzene rings is 1. The first kappa shape index (κ1) is 13.8. The molecule has 0 aliphatic heterocycles. The van der Waals surface area contributed by atoms with Gasteiger partial charge in [-0.1, -0.05) is 0 Å². The molecule has 0 spiro atoms. The molecule has 15 heavy (non-hydrogen) atoms. The number of hydrogen-bond donors (Lipinski definition) is 2. The van der Waals surface area contributed by atoms with Crippen LogP contribution in [0.2, 0.25) is 0 Å². The van der Waals surface area contributed by atoms with Gasteiger partial charge in [0.2, 0.25) is 0 Å². The lowest BCUT2D eigenvalue weighted by Crippen LogP contribution is -1.89. The molecule has 1 aromatic carbocycles. The smallest absolute Gasteiger partial charge is 0.0762 e. The normalized spacial score (nSPS) is 8.27. The summed E-state index contributed by atoms with van der Waals surface area (Å²) in [6.07, 6.45) is 0. The molecule has 0 atom stereocenters. The predicted molar refractivity (Wildman–Crippen MR) is 70.4 cm³/mol. The van der Waals surface area contributed by atoms with Crippen LogP contribution < -0.4 is 10.6 Å². The highest BCUT2D eigenvalue weighted by Gasteiger charge is 1.94. The molecule has 0 radical (unpaired) electrons. The number of aliphatic imine (C=N–C) groups is 1. The summed E-state index contributed by atoms with van der Waals surface area (Å²) >= 11 is 4.52. The molecular weight excluding hydrogens is 206 g/mol. The zero-order chi connectivity index (χ0) is 11.7. The van der Waals surface area contributed by atoms with E-state index < -0.39 is 0 Å². The monoisotopic (exact) mass is 223 g/mol. The van der Waals surface area contributed by atoms with Crippen molar-refractivity contribution < 1.29 is 0 Å². The summed E-state index contributed by atoms with van der Waals surface area (Å²) in [6, 6.07) is 5.93. The van der Waals surface area contributed by atoms with E-state index in [0.29, 0.717) is 0 Å². The van der Waals surface area contributed by atoms with Crippen LogP contribution in [-0.2, 0) is 0 Å². The van der Waals surface area contributed by atoms with Crippen molar-refractivity contribution >= 4 is 28.8 Å². The van der Waals surface area contributed by atoms with Gasteiger partial charge < -0.3 is 10.6 Å². The summed E-state index contributed by atoms with van der Waals surface area (Å²) < 4.78 is 0. The van der Waals surface area contributed by atoms with E-state index in [1.807, 2.05) is 46.3 Å². The Morgan fingerprint density at radius 2 is 1.80 bits per heavy atom. The standard InChI is InChI=1S/C9H10N2S.C2H7N/c1-7-3-8(10-2)5-9(4-7)11-6-12;1-3-2/h3-5,10H,1-2H3;3H,1-2H3. The summed E-state index contributed by atoms with van der Waals surface area (Å²) in [5.41, 5.74) is 3.04. The molecule has 82 valence electrons. The van der Waals surface area contributed by atoms with Gasteiger partial charge in [-0.3, -0.25) is 0 Å². The van der Waals surface area contributed by atoms with Crippen molar-refractivity contribution in [3.63, 3.8) is 0 Å². The SMILES string of the molecule is CNC.CNc1cc(C)cc(N=C=S)c1. The van der Waals surface area contributed by atoms with Gasteiger partial charge in [0.05, 0.1) is 10.8 Å². The van der Waals surface area contributed by atoms with E-state index in [-0.39, 0.29) is 0 Å². The highest BCUT2D eigenvalue weighted by atomic mass is 32.1. The van der Waals surface area contributed by atoms with Crippen molar-refractivity contribution in [3.05, 3.63) is 23.8 Å². The number of thiocarbonyl (C=S) groups is 1. The molecule has 0 saturated heterocycles. The zero-order valence-electron chi connectivity index (χ0n) is 9.59. The quantitative estimate of drug-likeness (QED) is 0.597. The van der Waals surface area contributed by atoms with Crippen LogP contribution in [0.25, 0.3) is 0 Å². The number of nitrogens with zero attached hydrogens (tertiary/aromatic N) is 1. The molecule has 1 rings (SSSR count). The summed E-state index contributed by atoms with van der Waals surface area (Å²) in [5, 5.41) is 8.14. The molecule has 0 aliphatic rings. The van der Waals surface area contributed by atoms with Gasteiger partial charge >= 0.3 is 0 Å². The van der Waals surface area contributed by atoms with Crippen LogP contribution in [-0.4, -0.2) is 26.3 Å². The highest BCUT2D eigenvalue weighted by Crippen LogP contribution is 2.19. The third-order valence-corrected chi connectivity index (χ3v) is 1.62. The Hall–Kier alpha value is -1.22. The zero-order valence-corrected chi connectivity index (χ0v) is 10.4. The lowest BCUT2D eigenvalue weighted by Gasteiger charge is -2.01. The Kier molecular flexibility index (Phi) is 7.46. The van der Waals surface area contributed by atoms with E-state index in [9.17, 15) is 0 Å². The van der Waals surface area contributed by atoms with Gasteiger partial charge in [0.1, 0.15) is 0 Å². The van der Waals surface area contributed by atoms with Gasteiger partial charge in [0.25, 0.3) is 0 Å². The van der Waals surface area contributed by atoms with E-state index in [4.69, 9.17) is 0 Å². The van der Waals surface area contributed by atoms with Gasteiger partial charge in [-0.15, -0.1) is 0 Å². The topological polar surface area (TPSA) is 36.4 Å². The van der Waals surface area contributed by atoms with Gasteiger partial charge in [0.15, 0.2) is 0 Å². The second kappa shape index (κ2) is 8.12. The summed E-state index contributed by atoms with van der Waals surface area (Å²) in [5.74, 6) is 0. The minimum absolute atomic E-state index is 0.842. The van der Waals surface area contributed by atoms with Crippen LogP contribution in [0, 0.1) is 6.92 Å². The van der Waals surface area contributed by atoms with E-state index >= 15 is 0 Å². The Morgan fingerprint density at radius 1 is 1.20 bits per heavy atom. The molecule has 0 bridgehead atoms. The van der Waals surface area contributed by atoms with Crippen molar-refractivity contribution in [2.75, 3.05) is 26.5 Å². The first-order valence-electron chi connectivity index (χ1n) is 4.63. The Morgan fingerprint density at radius 3 is 2.27 bits per heavy atom. The van der Waals surface area contributed by atoms with Gasteiger partial charge in [-0.25, -0.2) is 0 Å². The Balaban J connectivity index is 0.000000583. The predicted octanol–water partition coefficient (Wildman–Crippen LogP) is 2.61. The number of isothiocyanates is 1. The van der Waals surface area contributed by atoms with E-state index in [1.54, 1.807) is 0 Å². The fourth-order valence-corrected chi connectivity index (χ4v) is 1.13. The Bertz CT molecular complexity index is 344. The van der Waals surface area contributed by atoms with Crippen molar-refractivity contribution in [2.45, 2.75) is 6.92 Å². The van der Waals surface area contributed by atoms with Crippen LogP contribution in [0.5, 0.6) is 0 Å². The minimum atomic E-state index is 0.842. The van der Waals surface area contributed by atoms with E-state index in [2.05, 4.69) is 33.0 Å². The maximum Gasteiger partial charge on any atom is 0.0762 e. The first-order valence-corrected chi connectivity index (χ1v) is 5.04. The number of hydrogen-bond acceptors (Lipinski definition) is 4. The van der Waals surface area contributed by atoms with Crippen molar-refractivity contribution in [1.29, 1.82) is 0 Å². The third-order valence-electron chi connectivity index (χ3n) is 1.53. The molecule has 0 amide bonds. The number of nitrogens with one attached hydrogen (secondary N) is 2. The number of anilines is 1. The molecule has 0 aromatic heterocycles. The van der Waals surface area contributed by atoms with Crippen LogP contribution in [0.1, 0.15) is 5.56 Å².